The van der Waals surface area contributed by atoms with Gasteiger partial charge < -0.3 is 21.3 Å². The predicted molar refractivity (Wildman–Crippen MR) is 153 cm³/mol. The van der Waals surface area contributed by atoms with Gasteiger partial charge in [0.2, 0.25) is 11.9 Å². The fourth-order valence-corrected chi connectivity index (χ4v) is 4.12. The molecule has 0 saturated heterocycles. The van der Waals surface area contributed by atoms with Crippen LogP contribution in [0.2, 0.25) is 0 Å². The number of hydrogen-bond acceptors (Lipinski definition) is 7. The van der Waals surface area contributed by atoms with Crippen LogP contribution in [0.1, 0.15) is 30.0 Å². The maximum Gasteiger partial charge on any atom is 0.416 e. The van der Waals surface area contributed by atoms with Crippen LogP contribution in [-0.4, -0.2) is 31.2 Å². The summed E-state index contributed by atoms with van der Waals surface area (Å²) in [6.07, 6.45) is -2.15. The first-order chi connectivity index (χ1) is 20.3. The van der Waals surface area contributed by atoms with Crippen molar-refractivity contribution >= 4 is 40.8 Å². The van der Waals surface area contributed by atoms with Crippen LogP contribution in [0.15, 0.2) is 84.9 Å². The number of nitrogens with one attached hydrogen (secondary N) is 5. The fourth-order valence-electron chi connectivity index (χ4n) is 4.12. The van der Waals surface area contributed by atoms with Gasteiger partial charge in [-0.2, -0.15) is 33.2 Å². The highest BCUT2D eigenvalue weighted by Crippen LogP contribution is 2.39. The molecule has 0 unspecified atom stereocenters. The zero-order valence-electron chi connectivity index (χ0n) is 21.9. The van der Waals surface area contributed by atoms with Crippen molar-refractivity contribution in [2.24, 2.45) is 0 Å². The van der Waals surface area contributed by atoms with E-state index in [-0.39, 0.29) is 5.69 Å². The van der Waals surface area contributed by atoms with E-state index in [1.807, 2.05) is 36.4 Å². The number of rotatable bonds is 8. The molecule has 0 bridgehead atoms. The molecule has 0 aliphatic heterocycles. The second-order valence-corrected chi connectivity index (χ2v) is 9.64. The largest absolute Gasteiger partial charge is 0.416 e. The zero-order valence-corrected chi connectivity index (χ0v) is 21.9. The Morgan fingerprint density at radius 2 is 1.36 bits per heavy atom. The smallest absolute Gasteiger partial charge is 0.324 e. The van der Waals surface area contributed by atoms with E-state index in [1.165, 1.54) is 12.1 Å². The molecule has 1 aliphatic rings. The molecule has 212 valence electrons. The molecule has 0 spiro atoms. The van der Waals surface area contributed by atoms with Crippen molar-refractivity contribution in [1.29, 1.82) is 0 Å². The minimum absolute atomic E-state index is 0.228. The van der Waals surface area contributed by atoms with Crippen LogP contribution in [0.5, 0.6) is 0 Å². The lowest BCUT2D eigenvalue weighted by Gasteiger charge is -2.11. The van der Waals surface area contributed by atoms with Crippen LogP contribution in [0.25, 0.3) is 11.4 Å². The van der Waals surface area contributed by atoms with Crippen molar-refractivity contribution in [2.75, 3.05) is 21.3 Å². The van der Waals surface area contributed by atoms with Gasteiger partial charge in [-0.25, -0.2) is 4.79 Å². The summed E-state index contributed by atoms with van der Waals surface area (Å²) in [6, 6.07) is 21.8. The van der Waals surface area contributed by atoms with Gasteiger partial charge in [-0.3, -0.25) is 5.10 Å². The van der Waals surface area contributed by atoms with Gasteiger partial charge in [0.1, 0.15) is 0 Å². The molecule has 1 fully saturated rings. The minimum Gasteiger partial charge on any atom is -0.324 e. The van der Waals surface area contributed by atoms with Crippen molar-refractivity contribution in [3.63, 3.8) is 0 Å². The third kappa shape index (κ3) is 6.63. The second-order valence-electron chi connectivity index (χ2n) is 9.64. The van der Waals surface area contributed by atoms with E-state index < -0.39 is 17.8 Å². The Morgan fingerprint density at radius 3 is 1.98 bits per heavy atom. The number of carbonyl (C=O) groups is 1. The Balaban J connectivity index is 1.14. The summed E-state index contributed by atoms with van der Waals surface area (Å²) in [6.45, 7) is 0. The van der Waals surface area contributed by atoms with Crippen LogP contribution in [-0.2, 0) is 6.18 Å². The summed E-state index contributed by atoms with van der Waals surface area (Å²) < 4.78 is 38.3. The van der Waals surface area contributed by atoms with E-state index in [0.717, 1.165) is 36.2 Å². The van der Waals surface area contributed by atoms with E-state index in [2.05, 4.69) is 46.4 Å². The van der Waals surface area contributed by atoms with E-state index in [0.29, 0.717) is 40.8 Å². The number of halogens is 3. The molecule has 6 rings (SSSR count). The average Bonchev–Trinajstić information content (AvgIpc) is 3.73. The van der Waals surface area contributed by atoms with Crippen molar-refractivity contribution < 1.29 is 18.0 Å². The van der Waals surface area contributed by atoms with Gasteiger partial charge in [-0.1, -0.05) is 30.3 Å². The molecule has 13 heteroatoms. The van der Waals surface area contributed by atoms with Gasteiger partial charge in [0.15, 0.2) is 11.6 Å². The maximum atomic E-state index is 12.8. The molecule has 0 radical (unpaired) electrons. The van der Waals surface area contributed by atoms with Crippen LogP contribution in [0.4, 0.5) is 52.7 Å². The van der Waals surface area contributed by atoms with Gasteiger partial charge >= 0.3 is 12.2 Å². The molecule has 0 atom stereocenters. The number of anilines is 6. The van der Waals surface area contributed by atoms with Crippen molar-refractivity contribution in [2.45, 2.75) is 24.9 Å². The summed E-state index contributed by atoms with van der Waals surface area (Å²) in [5, 5.41) is 18.8. The quantitative estimate of drug-likeness (QED) is 0.132. The Hall–Kier alpha value is -5.46. The summed E-state index contributed by atoms with van der Waals surface area (Å²) >= 11 is 0. The molecule has 1 aliphatic carbocycles. The van der Waals surface area contributed by atoms with Crippen molar-refractivity contribution in [3.8, 4) is 11.4 Å². The summed E-state index contributed by atoms with van der Waals surface area (Å²) in [5.41, 5.74) is 2.44. The average molecular weight is 572 g/mol. The lowest BCUT2D eigenvalue weighted by atomic mass is 10.2. The molecule has 10 nitrogen and oxygen atoms in total. The van der Waals surface area contributed by atoms with Crippen LogP contribution < -0.4 is 21.3 Å². The number of benzene rings is 3. The van der Waals surface area contributed by atoms with Crippen LogP contribution >= 0.6 is 0 Å². The second kappa shape index (κ2) is 11.2. The third-order valence-electron chi connectivity index (χ3n) is 6.39. The highest BCUT2D eigenvalue weighted by Gasteiger charge is 2.30. The first-order valence-electron chi connectivity index (χ1n) is 13.0. The molecule has 2 amide bonds. The maximum absolute atomic E-state index is 12.8. The molecule has 2 heterocycles. The molecule has 5 N–H and O–H groups in total. The number of amides is 2. The summed E-state index contributed by atoms with van der Waals surface area (Å²) in [7, 11) is 0. The standard InChI is InChI=1S/C29H24F3N9O/c30-29(31,32)19-8-10-21(11-9-19)34-28(42)35-22-14-12-20(13-15-22)33-26-37-25(18-4-2-1-3-5-18)38-27(39-26)36-24-16-23(40-41-24)17-6-7-17/h1-5,8-17H,6-7H2,(H2,34,35,42)(H3,33,36,37,38,39,40,41). The lowest BCUT2D eigenvalue weighted by Crippen LogP contribution is -2.19. The molecule has 5 aromatic rings. The topological polar surface area (TPSA) is 133 Å². The number of H-pyrrole nitrogens is 1. The first-order valence-corrected chi connectivity index (χ1v) is 13.0. The summed E-state index contributed by atoms with van der Waals surface area (Å²) in [5.74, 6) is 2.21. The number of aromatic amines is 1. The fraction of sp³-hybridized carbons (Fsp3) is 0.138. The summed E-state index contributed by atoms with van der Waals surface area (Å²) in [4.78, 5) is 26.0. The Bertz CT molecular complexity index is 1680. The van der Waals surface area contributed by atoms with Gasteiger partial charge in [0.05, 0.1) is 5.56 Å². The normalized spacial score (nSPS) is 12.9. The highest BCUT2D eigenvalue weighted by molar-refractivity contribution is 5.99. The number of aromatic nitrogens is 5. The first kappa shape index (κ1) is 26.7. The Labute approximate surface area is 237 Å². The van der Waals surface area contributed by atoms with E-state index in [1.54, 1.807) is 24.3 Å². The third-order valence-corrected chi connectivity index (χ3v) is 6.39. The van der Waals surface area contributed by atoms with Gasteiger partial charge in [0, 0.05) is 40.3 Å². The minimum atomic E-state index is -4.45. The number of urea groups is 1. The SMILES string of the molecule is O=C(Nc1ccc(Nc2nc(Nc3cc(C4CC4)[nH]n3)nc(-c3ccccc3)n2)cc1)Nc1ccc(C(F)(F)F)cc1. The van der Waals surface area contributed by atoms with E-state index in [9.17, 15) is 18.0 Å². The molecular formula is C29H24F3N9O. The number of nitrogens with zero attached hydrogens (tertiary/aromatic N) is 4. The van der Waals surface area contributed by atoms with Crippen molar-refractivity contribution in [1.82, 2.24) is 25.1 Å². The molecule has 1 saturated carbocycles. The van der Waals surface area contributed by atoms with E-state index >= 15 is 0 Å². The number of hydrogen-bond donors (Lipinski definition) is 5. The van der Waals surface area contributed by atoms with Crippen molar-refractivity contribution in [3.05, 3.63) is 96.2 Å². The van der Waals surface area contributed by atoms with Crippen LogP contribution in [0.3, 0.4) is 0 Å². The Morgan fingerprint density at radius 1 is 0.762 bits per heavy atom. The number of carbonyl (C=O) groups excluding carboxylic acids is 1. The molecule has 2 aromatic heterocycles. The zero-order chi connectivity index (χ0) is 29.1. The number of alkyl halides is 3. The van der Waals surface area contributed by atoms with E-state index in [4.69, 9.17) is 0 Å². The Kier molecular flexibility index (Phi) is 7.13. The molecule has 42 heavy (non-hydrogen) atoms. The molecule has 3 aromatic carbocycles. The van der Waals surface area contributed by atoms with Gasteiger partial charge in [-0.15, -0.1) is 0 Å². The highest BCUT2D eigenvalue weighted by atomic mass is 19.4. The van der Waals surface area contributed by atoms with Gasteiger partial charge in [0.25, 0.3) is 0 Å². The van der Waals surface area contributed by atoms with Crippen LogP contribution in [0, 0.1) is 0 Å². The predicted octanol–water partition coefficient (Wildman–Crippen LogP) is 7.29. The van der Waals surface area contributed by atoms with Gasteiger partial charge in [-0.05, 0) is 61.4 Å². The molecular weight excluding hydrogens is 547 g/mol. The monoisotopic (exact) mass is 571 g/mol. The lowest BCUT2D eigenvalue weighted by molar-refractivity contribution is -0.137.